The third-order valence-electron chi connectivity index (χ3n) is 5.50. The van der Waals surface area contributed by atoms with Gasteiger partial charge in [0, 0.05) is 18.1 Å². The molecule has 4 rings (SSSR count). The number of Topliss-reactive ketones (excluding diaryl/α,β-unsaturated/α-hetero) is 1. The Balaban J connectivity index is 1.80. The number of imidazole rings is 1. The van der Waals surface area contributed by atoms with Gasteiger partial charge in [0.2, 0.25) is 5.78 Å². The van der Waals surface area contributed by atoms with Gasteiger partial charge in [0.1, 0.15) is 5.75 Å². The molecule has 0 saturated heterocycles. The highest BCUT2D eigenvalue weighted by Crippen LogP contribution is 2.32. The van der Waals surface area contributed by atoms with E-state index in [0.717, 1.165) is 55.7 Å². The maximum atomic E-state index is 13.3. The van der Waals surface area contributed by atoms with Gasteiger partial charge in [-0.25, -0.2) is 9.13 Å². The lowest BCUT2D eigenvalue weighted by atomic mass is 10.1. The number of aromatic nitrogens is 2. The fraction of sp³-hybridized carbons (Fsp3) is 0.364. The van der Waals surface area contributed by atoms with Crippen LogP contribution in [0.3, 0.4) is 0 Å². The zero-order valence-corrected chi connectivity index (χ0v) is 16.1. The molecule has 0 amide bonds. The zero-order valence-electron chi connectivity index (χ0n) is 16.1. The molecule has 29 heavy (non-hydrogen) atoms. The lowest BCUT2D eigenvalue weighted by Gasteiger charge is -2.06. The standard InChI is InChI=1S/C22H22F3N2O2/c1-29-17-9-6-15(7-10-17)20(28)14-27-19-13-16(22(23,24)25)8-11-18(19)26-12-4-2-3-5-21(26)27/h6-11,13H,2-5,12,14H2,1H3/q+1. The molecular weight excluding hydrogens is 381 g/mol. The average Bonchev–Trinajstić information content (AvgIpc) is 2.86. The fourth-order valence-electron chi connectivity index (χ4n) is 4.01. The number of methoxy groups -OCH3 is 1. The van der Waals surface area contributed by atoms with Crippen molar-refractivity contribution in [3.63, 3.8) is 0 Å². The number of ether oxygens (including phenoxy) is 1. The molecule has 0 aliphatic carbocycles. The van der Waals surface area contributed by atoms with E-state index in [2.05, 4.69) is 4.57 Å². The average molecular weight is 403 g/mol. The van der Waals surface area contributed by atoms with E-state index in [1.807, 2.05) is 0 Å². The van der Waals surface area contributed by atoms with Crippen molar-refractivity contribution >= 4 is 16.8 Å². The summed E-state index contributed by atoms with van der Waals surface area (Å²) < 4.78 is 48.9. The lowest BCUT2D eigenvalue weighted by molar-refractivity contribution is -0.678. The summed E-state index contributed by atoms with van der Waals surface area (Å²) in [6.07, 6.45) is -0.684. The number of alkyl halides is 3. The predicted octanol–water partition coefficient (Wildman–Crippen LogP) is 4.57. The Morgan fingerprint density at radius 1 is 1.10 bits per heavy atom. The van der Waals surface area contributed by atoms with Crippen LogP contribution in [0, 0.1) is 0 Å². The van der Waals surface area contributed by atoms with Gasteiger partial charge in [-0.15, -0.1) is 0 Å². The number of hydrogen-bond donors (Lipinski definition) is 0. The van der Waals surface area contributed by atoms with Gasteiger partial charge in [0.15, 0.2) is 17.6 Å². The van der Waals surface area contributed by atoms with Gasteiger partial charge in [-0.05, 0) is 55.7 Å². The Labute approximate surface area is 166 Å². The second kappa shape index (κ2) is 7.54. The minimum absolute atomic E-state index is 0.00642. The normalized spacial score (nSPS) is 14.5. The van der Waals surface area contributed by atoms with Crippen LogP contribution in [0.1, 0.15) is 41.0 Å². The van der Waals surface area contributed by atoms with Crippen molar-refractivity contribution in [2.45, 2.75) is 44.9 Å². The fourth-order valence-corrected chi connectivity index (χ4v) is 4.01. The number of carbonyl (C=O) groups excluding carboxylic acids is 1. The second-order valence-electron chi connectivity index (χ2n) is 7.32. The molecule has 0 N–H and O–H groups in total. The van der Waals surface area contributed by atoms with Crippen molar-refractivity contribution < 1.29 is 27.3 Å². The molecule has 0 unspecified atom stereocenters. The molecular formula is C22H22F3N2O2+. The molecule has 0 bridgehead atoms. The summed E-state index contributed by atoms with van der Waals surface area (Å²) in [6, 6.07) is 10.6. The quantitative estimate of drug-likeness (QED) is 0.473. The van der Waals surface area contributed by atoms with Crippen LogP contribution in [-0.2, 0) is 25.7 Å². The van der Waals surface area contributed by atoms with Gasteiger partial charge in [0.25, 0.3) is 5.82 Å². The minimum Gasteiger partial charge on any atom is -0.497 e. The summed E-state index contributed by atoms with van der Waals surface area (Å²) in [5.41, 5.74) is 1.01. The van der Waals surface area contributed by atoms with E-state index >= 15 is 0 Å². The summed E-state index contributed by atoms with van der Waals surface area (Å²) >= 11 is 0. The van der Waals surface area contributed by atoms with Crippen LogP contribution in [0.25, 0.3) is 11.0 Å². The van der Waals surface area contributed by atoms with Gasteiger partial charge < -0.3 is 4.74 Å². The smallest absolute Gasteiger partial charge is 0.416 e. The first-order chi connectivity index (χ1) is 13.9. The predicted molar refractivity (Wildman–Crippen MR) is 102 cm³/mol. The van der Waals surface area contributed by atoms with E-state index in [1.165, 1.54) is 6.07 Å². The van der Waals surface area contributed by atoms with E-state index in [9.17, 15) is 18.0 Å². The largest absolute Gasteiger partial charge is 0.497 e. The number of aryl methyl sites for hydroxylation is 1. The first-order valence-corrected chi connectivity index (χ1v) is 9.68. The van der Waals surface area contributed by atoms with Crippen LogP contribution in [0.2, 0.25) is 0 Å². The molecule has 1 aliphatic rings. The van der Waals surface area contributed by atoms with Gasteiger partial charge in [-0.3, -0.25) is 4.79 Å². The van der Waals surface area contributed by atoms with E-state index in [-0.39, 0.29) is 12.3 Å². The number of rotatable bonds is 4. The molecule has 1 aliphatic heterocycles. The van der Waals surface area contributed by atoms with E-state index in [1.54, 1.807) is 35.9 Å². The number of benzene rings is 2. The number of halogens is 3. The van der Waals surface area contributed by atoms with Crippen LogP contribution in [0.15, 0.2) is 42.5 Å². The molecule has 7 heteroatoms. The third kappa shape index (κ3) is 3.73. The molecule has 3 aromatic rings. The minimum atomic E-state index is -4.43. The first-order valence-electron chi connectivity index (χ1n) is 9.68. The van der Waals surface area contributed by atoms with Crippen molar-refractivity contribution in [1.29, 1.82) is 0 Å². The Morgan fingerprint density at radius 3 is 2.55 bits per heavy atom. The Hall–Kier alpha value is -2.83. The number of hydrogen-bond acceptors (Lipinski definition) is 2. The molecule has 4 nitrogen and oxygen atoms in total. The highest BCUT2D eigenvalue weighted by Gasteiger charge is 2.34. The highest BCUT2D eigenvalue weighted by atomic mass is 19.4. The number of fused-ring (bicyclic) bond motifs is 3. The summed E-state index contributed by atoms with van der Waals surface area (Å²) in [6.45, 7) is 0.757. The van der Waals surface area contributed by atoms with Crippen molar-refractivity contribution in [1.82, 2.24) is 4.57 Å². The maximum absolute atomic E-state index is 13.3. The Kier molecular flexibility index (Phi) is 5.06. The molecule has 0 spiro atoms. The van der Waals surface area contributed by atoms with Crippen LogP contribution >= 0.6 is 0 Å². The van der Waals surface area contributed by atoms with Gasteiger partial charge in [-0.1, -0.05) is 0 Å². The van der Waals surface area contributed by atoms with Crippen molar-refractivity contribution in [3.05, 3.63) is 59.4 Å². The van der Waals surface area contributed by atoms with Crippen LogP contribution in [0.5, 0.6) is 5.75 Å². The Morgan fingerprint density at radius 2 is 1.86 bits per heavy atom. The molecule has 2 heterocycles. The third-order valence-corrected chi connectivity index (χ3v) is 5.50. The molecule has 0 fully saturated rings. The Bertz CT molecular complexity index is 1050. The first kappa shape index (κ1) is 19.5. The maximum Gasteiger partial charge on any atom is 0.416 e. The van der Waals surface area contributed by atoms with E-state index < -0.39 is 11.7 Å². The summed E-state index contributed by atoms with van der Waals surface area (Å²) in [5, 5.41) is 0. The van der Waals surface area contributed by atoms with Crippen LogP contribution in [0.4, 0.5) is 13.2 Å². The molecule has 0 atom stereocenters. The molecule has 0 radical (unpaired) electrons. The number of nitrogens with zero attached hydrogens (tertiary/aromatic N) is 2. The van der Waals surface area contributed by atoms with E-state index in [0.29, 0.717) is 16.8 Å². The van der Waals surface area contributed by atoms with Crippen LogP contribution < -0.4 is 9.30 Å². The number of carbonyl (C=O) groups is 1. The van der Waals surface area contributed by atoms with Crippen molar-refractivity contribution in [2.75, 3.05) is 7.11 Å². The topological polar surface area (TPSA) is 35.1 Å². The van der Waals surface area contributed by atoms with Gasteiger partial charge in [-0.2, -0.15) is 13.2 Å². The van der Waals surface area contributed by atoms with Gasteiger partial charge in [0.05, 0.1) is 19.2 Å². The molecule has 152 valence electrons. The van der Waals surface area contributed by atoms with Crippen molar-refractivity contribution in [3.8, 4) is 5.75 Å². The summed E-state index contributed by atoms with van der Waals surface area (Å²) in [4.78, 5) is 12.9. The zero-order chi connectivity index (χ0) is 20.6. The molecule has 1 aromatic heterocycles. The highest BCUT2D eigenvalue weighted by molar-refractivity contribution is 5.96. The van der Waals surface area contributed by atoms with E-state index in [4.69, 9.17) is 4.74 Å². The van der Waals surface area contributed by atoms with Gasteiger partial charge >= 0.3 is 6.18 Å². The molecule has 0 saturated carbocycles. The van der Waals surface area contributed by atoms with Crippen molar-refractivity contribution in [2.24, 2.45) is 0 Å². The van der Waals surface area contributed by atoms with Crippen LogP contribution in [-0.4, -0.2) is 17.5 Å². The summed E-state index contributed by atoms with van der Waals surface area (Å²) in [7, 11) is 1.55. The molecule has 2 aromatic carbocycles. The summed E-state index contributed by atoms with van der Waals surface area (Å²) in [5.74, 6) is 1.42. The second-order valence-corrected chi connectivity index (χ2v) is 7.32. The SMILES string of the molecule is COc1ccc(C(=O)Cn2c3[n+](c4ccc(C(F)(F)F)cc42)CCCCC3)cc1. The monoisotopic (exact) mass is 403 g/mol. The lowest BCUT2D eigenvalue weighted by Crippen LogP contribution is -2.37. The number of ketones is 1.